The quantitative estimate of drug-likeness (QED) is 0.456. The minimum Gasteiger partial charge on any atom is -0.289 e. The van der Waals surface area contributed by atoms with Crippen LogP contribution in [-0.2, 0) is 15.6 Å². The maximum atomic E-state index is 12.1. The van der Waals surface area contributed by atoms with Crippen molar-refractivity contribution in [3.63, 3.8) is 0 Å². The van der Waals surface area contributed by atoms with E-state index in [4.69, 9.17) is 5.21 Å². The van der Waals surface area contributed by atoms with Crippen molar-refractivity contribution in [2.75, 3.05) is 6.26 Å². The summed E-state index contributed by atoms with van der Waals surface area (Å²) >= 11 is 0. The average Bonchev–Trinajstić information content (AvgIpc) is 2.74. The summed E-state index contributed by atoms with van der Waals surface area (Å²) in [6.45, 7) is 3.96. The molecule has 0 spiro atoms. The highest BCUT2D eigenvalue weighted by Gasteiger charge is 2.17. The third-order valence-electron chi connectivity index (χ3n) is 4.52. The molecule has 0 saturated carbocycles. The Morgan fingerprint density at radius 2 is 1.55 bits per heavy atom. The van der Waals surface area contributed by atoms with Crippen molar-refractivity contribution in [2.24, 2.45) is 0 Å². The molecule has 152 valence electrons. The third-order valence-corrected chi connectivity index (χ3v) is 5.49. The summed E-state index contributed by atoms with van der Waals surface area (Å²) in [6, 6.07) is 25.9. The predicted octanol–water partition coefficient (Wildman–Crippen LogP) is 5.09. The molecule has 2 unspecified atom stereocenters. The summed E-state index contributed by atoms with van der Waals surface area (Å²) in [4.78, 5) is 12.0. The van der Waals surface area contributed by atoms with Crippen LogP contribution in [0.25, 0.3) is 11.1 Å². The van der Waals surface area contributed by atoms with Gasteiger partial charge in [-0.2, -0.15) is 0 Å². The number of rotatable bonds is 5. The molecule has 5 heteroatoms. The Balaban J connectivity index is 0.000000360. The molecule has 29 heavy (non-hydrogen) atoms. The molecule has 3 aromatic rings. The van der Waals surface area contributed by atoms with Gasteiger partial charge in [-0.3, -0.25) is 14.2 Å². The van der Waals surface area contributed by atoms with E-state index in [9.17, 15) is 9.00 Å². The van der Waals surface area contributed by atoms with Crippen molar-refractivity contribution in [1.29, 1.82) is 0 Å². The molecular weight excluding hydrogens is 382 g/mol. The summed E-state index contributed by atoms with van der Waals surface area (Å²) < 4.78 is 12.1. The summed E-state index contributed by atoms with van der Waals surface area (Å²) in [5.41, 5.74) is 5.87. The molecule has 1 amide bonds. The topological polar surface area (TPSA) is 66.4 Å². The van der Waals surface area contributed by atoms with Crippen LogP contribution >= 0.6 is 0 Å². The van der Waals surface area contributed by atoms with Crippen molar-refractivity contribution in [2.45, 2.75) is 31.1 Å². The van der Waals surface area contributed by atoms with Crippen LogP contribution in [0.1, 0.15) is 30.4 Å². The van der Waals surface area contributed by atoms with Crippen LogP contribution < -0.4 is 5.48 Å². The van der Waals surface area contributed by atoms with Crippen LogP contribution in [0.4, 0.5) is 0 Å². The van der Waals surface area contributed by atoms with Gasteiger partial charge in [0.15, 0.2) is 0 Å². The first-order valence-electron chi connectivity index (χ1n) is 9.39. The lowest BCUT2D eigenvalue weighted by molar-refractivity contribution is -0.129. The number of carbonyl (C=O) groups is 1. The smallest absolute Gasteiger partial charge is 0.243 e. The summed E-state index contributed by atoms with van der Waals surface area (Å²) in [6.07, 6.45) is 1.78. The second-order valence-electron chi connectivity index (χ2n) is 6.87. The molecular formula is C24H27NO3S. The molecule has 2 atom stereocenters. The van der Waals surface area contributed by atoms with E-state index in [0.717, 1.165) is 21.6 Å². The fourth-order valence-electron chi connectivity index (χ4n) is 2.97. The average molecular weight is 410 g/mol. The zero-order valence-electron chi connectivity index (χ0n) is 17.0. The molecule has 0 aliphatic carbocycles. The lowest BCUT2D eigenvalue weighted by Gasteiger charge is -2.16. The first-order valence-corrected chi connectivity index (χ1v) is 11.0. The van der Waals surface area contributed by atoms with E-state index < -0.39 is 16.7 Å². The number of hydroxylamine groups is 1. The Hall–Kier alpha value is -2.76. The van der Waals surface area contributed by atoms with Crippen LogP contribution in [0.2, 0.25) is 0 Å². The molecule has 0 aliphatic rings. The zero-order chi connectivity index (χ0) is 21.2. The predicted molar refractivity (Wildman–Crippen MR) is 118 cm³/mol. The van der Waals surface area contributed by atoms with Crippen molar-refractivity contribution < 1.29 is 14.2 Å². The Morgan fingerprint density at radius 1 is 0.966 bits per heavy atom. The van der Waals surface area contributed by atoms with Crippen molar-refractivity contribution >= 4 is 16.7 Å². The standard InChI is InChI=1S/C17H19NO3S.C7H8/c1-12(10-17(19)18-20)15-9-8-14(11-16(15)22(2)21)13-6-4-3-5-7-13;1-7-5-3-2-4-6-7/h3-9,11-12,20H,10H2,1-2H3,(H,18,19);2-6H,1H3. The largest absolute Gasteiger partial charge is 0.289 e. The van der Waals surface area contributed by atoms with Gasteiger partial charge in [0.2, 0.25) is 5.91 Å². The molecule has 0 radical (unpaired) electrons. The number of carbonyl (C=O) groups excluding carboxylic acids is 1. The normalized spacial score (nSPS) is 12.3. The number of benzene rings is 3. The minimum absolute atomic E-state index is 0.129. The molecule has 0 bridgehead atoms. The van der Waals surface area contributed by atoms with Gasteiger partial charge in [-0.15, -0.1) is 0 Å². The van der Waals surface area contributed by atoms with Crippen molar-refractivity contribution in [3.8, 4) is 11.1 Å². The molecule has 3 rings (SSSR count). The molecule has 0 fully saturated rings. The van der Waals surface area contributed by atoms with Gasteiger partial charge in [0, 0.05) is 17.6 Å². The van der Waals surface area contributed by atoms with Gasteiger partial charge in [0.25, 0.3) is 0 Å². The molecule has 2 N–H and O–H groups in total. The van der Waals surface area contributed by atoms with Crippen LogP contribution in [0, 0.1) is 6.92 Å². The summed E-state index contributed by atoms with van der Waals surface area (Å²) in [5, 5.41) is 8.64. The molecule has 0 aromatic heterocycles. The summed E-state index contributed by atoms with van der Waals surface area (Å²) in [5.74, 6) is -0.580. The van der Waals surface area contributed by atoms with Crippen molar-refractivity contribution in [3.05, 3.63) is 90.0 Å². The molecule has 4 nitrogen and oxygen atoms in total. The van der Waals surface area contributed by atoms with E-state index in [1.165, 1.54) is 5.56 Å². The molecule has 0 heterocycles. The van der Waals surface area contributed by atoms with Gasteiger partial charge in [-0.1, -0.05) is 85.3 Å². The molecule has 0 aliphatic heterocycles. The number of nitrogens with one attached hydrogen (secondary N) is 1. The summed E-state index contributed by atoms with van der Waals surface area (Å²) in [7, 11) is -1.16. The third kappa shape index (κ3) is 6.97. The van der Waals surface area contributed by atoms with Gasteiger partial charge >= 0.3 is 0 Å². The first kappa shape index (κ1) is 22.5. The van der Waals surface area contributed by atoms with Gasteiger partial charge in [0.05, 0.1) is 10.8 Å². The second kappa shape index (κ2) is 11.3. The van der Waals surface area contributed by atoms with Crippen LogP contribution in [-0.4, -0.2) is 21.6 Å². The van der Waals surface area contributed by atoms with Crippen molar-refractivity contribution in [1.82, 2.24) is 5.48 Å². The highest BCUT2D eigenvalue weighted by atomic mass is 32.2. The van der Waals surface area contributed by atoms with Gasteiger partial charge in [-0.05, 0) is 35.6 Å². The lowest BCUT2D eigenvalue weighted by atomic mass is 9.95. The Morgan fingerprint density at radius 3 is 2.03 bits per heavy atom. The fraction of sp³-hybridized carbons (Fsp3) is 0.208. The first-order chi connectivity index (χ1) is 13.9. The highest BCUT2D eigenvalue weighted by molar-refractivity contribution is 7.84. The van der Waals surface area contributed by atoms with Gasteiger partial charge in [0.1, 0.15) is 0 Å². The maximum absolute atomic E-state index is 12.1. The number of aryl methyl sites for hydroxylation is 1. The van der Waals surface area contributed by atoms with E-state index in [-0.39, 0.29) is 12.3 Å². The number of hydrogen-bond acceptors (Lipinski definition) is 3. The number of hydrogen-bond donors (Lipinski definition) is 2. The lowest BCUT2D eigenvalue weighted by Crippen LogP contribution is -2.20. The van der Waals surface area contributed by atoms with E-state index >= 15 is 0 Å². The van der Waals surface area contributed by atoms with E-state index in [2.05, 4.69) is 19.1 Å². The SMILES string of the molecule is CC(CC(=O)NO)c1ccc(-c2ccccc2)cc1S(C)=O.Cc1ccccc1. The van der Waals surface area contributed by atoms with Gasteiger partial charge in [-0.25, -0.2) is 5.48 Å². The fourth-order valence-corrected chi connectivity index (χ4v) is 3.86. The Bertz CT molecular complexity index is 943. The number of amides is 1. The second-order valence-corrected chi connectivity index (χ2v) is 8.22. The van der Waals surface area contributed by atoms with Crippen LogP contribution in [0.15, 0.2) is 83.8 Å². The van der Waals surface area contributed by atoms with E-state index in [1.807, 2.05) is 73.7 Å². The van der Waals surface area contributed by atoms with Crippen LogP contribution in [0.5, 0.6) is 0 Å². The Kier molecular flexibility index (Phi) is 8.77. The Labute approximate surface area is 175 Å². The minimum atomic E-state index is -1.16. The van der Waals surface area contributed by atoms with E-state index in [1.54, 1.807) is 11.7 Å². The maximum Gasteiger partial charge on any atom is 0.243 e. The monoisotopic (exact) mass is 409 g/mol. The molecule has 0 saturated heterocycles. The zero-order valence-corrected chi connectivity index (χ0v) is 17.8. The molecule has 3 aromatic carbocycles. The highest BCUT2D eigenvalue weighted by Crippen LogP contribution is 2.30. The van der Waals surface area contributed by atoms with Gasteiger partial charge < -0.3 is 0 Å². The van der Waals surface area contributed by atoms with E-state index in [0.29, 0.717) is 0 Å². The van der Waals surface area contributed by atoms with Crippen LogP contribution in [0.3, 0.4) is 0 Å².